The number of nitrogens with zero attached hydrogens (tertiary/aromatic N) is 3. The third-order valence-electron chi connectivity index (χ3n) is 2.62. The first kappa shape index (κ1) is 13.2. The summed E-state index contributed by atoms with van der Waals surface area (Å²) in [6.07, 6.45) is 1.32. The Hall–Kier alpha value is -2.20. The Morgan fingerprint density at radius 2 is 2.37 bits per heavy atom. The smallest absolute Gasteiger partial charge is 0.348 e. The number of ether oxygens (including phenoxy) is 1. The predicted octanol–water partition coefficient (Wildman–Crippen LogP) is 1.47. The van der Waals surface area contributed by atoms with Crippen molar-refractivity contribution in [1.82, 2.24) is 9.55 Å². The Balaban J connectivity index is 2.65. The first-order valence-corrected chi connectivity index (χ1v) is 6.44. The molecule has 2 heterocycles. The van der Waals surface area contributed by atoms with E-state index in [4.69, 9.17) is 10.00 Å². The van der Waals surface area contributed by atoms with Crippen LogP contribution in [-0.4, -0.2) is 22.1 Å². The molecule has 0 aliphatic rings. The van der Waals surface area contributed by atoms with E-state index in [0.717, 1.165) is 11.3 Å². The molecule has 0 aliphatic heterocycles. The normalized spacial score (nSPS) is 10.4. The van der Waals surface area contributed by atoms with E-state index in [2.05, 4.69) is 4.98 Å². The van der Waals surface area contributed by atoms with Gasteiger partial charge in [0.2, 0.25) is 0 Å². The molecule has 0 spiro atoms. The number of esters is 1. The molecule has 0 saturated heterocycles. The lowest BCUT2D eigenvalue weighted by atomic mass is 10.2. The van der Waals surface area contributed by atoms with E-state index in [1.165, 1.54) is 10.9 Å². The Morgan fingerprint density at radius 1 is 1.63 bits per heavy atom. The molecule has 2 aromatic heterocycles. The van der Waals surface area contributed by atoms with Gasteiger partial charge in [0.25, 0.3) is 5.56 Å². The minimum absolute atomic E-state index is 0.0637. The molecule has 0 atom stereocenters. The summed E-state index contributed by atoms with van der Waals surface area (Å²) in [6, 6.07) is 1.89. The summed E-state index contributed by atoms with van der Waals surface area (Å²) < 4.78 is 6.16. The van der Waals surface area contributed by atoms with Gasteiger partial charge >= 0.3 is 5.97 Å². The van der Waals surface area contributed by atoms with Gasteiger partial charge in [-0.2, -0.15) is 5.26 Å². The van der Waals surface area contributed by atoms with Crippen LogP contribution in [-0.2, 0) is 11.3 Å². The molecule has 0 aromatic carbocycles. The lowest BCUT2D eigenvalue weighted by Crippen LogP contribution is -2.20. The Bertz CT molecular complexity index is 739. The van der Waals surface area contributed by atoms with Gasteiger partial charge in [0.15, 0.2) is 0 Å². The third-order valence-corrected chi connectivity index (χ3v) is 3.80. The van der Waals surface area contributed by atoms with Crippen LogP contribution in [0.2, 0.25) is 0 Å². The van der Waals surface area contributed by atoms with Crippen molar-refractivity contribution in [3.8, 4) is 6.07 Å². The number of hydrogen-bond donors (Lipinski definition) is 0. The number of carbonyl (C=O) groups is 1. The highest BCUT2D eigenvalue weighted by atomic mass is 32.1. The molecule has 0 unspecified atom stereocenters. The molecule has 7 heteroatoms. The molecule has 2 rings (SSSR count). The van der Waals surface area contributed by atoms with Crippen molar-refractivity contribution in [3.63, 3.8) is 0 Å². The van der Waals surface area contributed by atoms with E-state index in [0.29, 0.717) is 20.7 Å². The van der Waals surface area contributed by atoms with Gasteiger partial charge in [-0.25, -0.2) is 9.78 Å². The SMILES string of the molecule is CCOC(=O)c1sc2ncn(CC#N)c(=O)c2c1C. The number of aryl methyl sites for hydroxylation is 1. The zero-order valence-corrected chi connectivity index (χ0v) is 11.3. The lowest BCUT2D eigenvalue weighted by Gasteiger charge is -2.00. The molecule has 98 valence electrons. The van der Waals surface area contributed by atoms with Crippen LogP contribution >= 0.6 is 11.3 Å². The summed E-state index contributed by atoms with van der Waals surface area (Å²) >= 11 is 1.13. The lowest BCUT2D eigenvalue weighted by molar-refractivity contribution is 0.0531. The highest BCUT2D eigenvalue weighted by Gasteiger charge is 2.20. The zero-order valence-electron chi connectivity index (χ0n) is 10.5. The second kappa shape index (κ2) is 5.20. The average Bonchev–Trinajstić information content (AvgIpc) is 2.71. The Morgan fingerprint density at radius 3 is 3.00 bits per heavy atom. The fourth-order valence-electron chi connectivity index (χ4n) is 1.74. The second-order valence-corrected chi connectivity index (χ2v) is 4.79. The van der Waals surface area contributed by atoms with Crippen LogP contribution in [0.3, 0.4) is 0 Å². The number of nitriles is 1. The van der Waals surface area contributed by atoms with Crippen LogP contribution in [0.1, 0.15) is 22.2 Å². The molecule has 19 heavy (non-hydrogen) atoms. The largest absolute Gasteiger partial charge is 0.462 e. The number of rotatable bonds is 3. The molecule has 0 radical (unpaired) electrons. The van der Waals surface area contributed by atoms with Gasteiger partial charge in [0.1, 0.15) is 22.6 Å². The molecule has 0 bridgehead atoms. The zero-order chi connectivity index (χ0) is 14.0. The summed E-state index contributed by atoms with van der Waals surface area (Å²) in [5, 5.41) is 9.02. The summed E-state index contributed by atoms with van der Waals surface area (Å²) in [5.41, 5.74) is 0.249. The summed E-state index contributed by atoms with van der Waals surface area (Å²) in [4.78, 5) is 28.9. The van der Waals surface area contributed by atoms with E-state index < -0.39 is 5.97 Å². The summed E-state index contributed by atoms with van der Waals surface area (Å²) in [7, 11) is 0. The fraction of sp³-hybridized carbons (Fsp3) is 0.333. The Labute approximate surface area is 112 Å². The van der Waals surface area contributed by atoms with Gasteiger partial charge in [-0.3, -0.25) is 9.36 Å². The van der Waals surface area contributed by atoms with Gasteiger partial charge in [-0.15, -0.1) is 11.3 Å². The number of carbonyl (C=O) groups excluding carboxylic acids is 1. The number of thiophene rings is 1. The van der Waals surface area contributed by atoms with Crippen LogP contribution in [0, 0.1) is 18.3 Å². The van der Waals surface area contributed by atoms with E-state index >= 15 is 0 Å². The maximum atomic E-state index is 12.2. The van der Waals surface area contributed by atoms with Gasteiger partial charge in [-0.05, 0) is 19.4 Å². The molecule has 0 saturated carbocycles. The highest BCUT2D eigenvalue weighted by molar-refractivity contribution is 7.20. The second-order valence-electron chi connectivity index (χ2n) is 3.79. The van der Waals surface area contributed by atoms with Crippen molar-refractivity contribution >= 4 is 27.5 Å². The minimum atomic E-state index is -0.450. The van der Waals surface area contributed by atoms with E-state index in [-0.39, 0.29) is 18.7 Å². The molecular weight excluding hydrogens is 266 g/mol. The Kier molecular flexibility index (Phi) is 3.62. The van der Waals surface area contributed by atoms with Crippen LogP contribution < -0.4 is 5.56 Å². The quantitative estimate of drug-likeness (QED) is 0.793. The maximum absolute atomic E-state index is 12.2. The van der Waals surface area contributed by atoms with Crippen molar-refractivity contribution in [2.24, 2.45) is 0 Å². The predicted molar refractivity (Wildman–Crippen MR) is 70.2 cm³/mol. The van der Waals surface area contributed by atoms with Crippen LogP contribution in [0.5, 0.6) is 0 Å². The van der Waals surface area contributed by atoms with Crippen molar-refractivity contribution in [2.75, 3.05) is 6.61 Å². The van der Waals surface area contributed by atoms with Crippen LogP contribution in [0.4, 0.5) is 0 Å². The number of aromatic nitrogens is 2. The van der Waals surface area contributed by atoms with E-state index in [9.17, 15) is 9.59 Å². The first-order chi connectivity index (χ1) is 9.10. The highest BCUT2D eigenvalue weighted by Crippen LogP contribution is 2.27. The van der Waals surface area contributed by atoms with E-state index in [1.54, 1.807) is 13.8 Å². The average molecular weight is 277 g/mol. The van der Waals surface area contributed by atoms with E-state index in [1.807, 2.05) is 6.07 Å². The van der Waals surface area contributed by atoms with Crippen molar-refractivity contribution < 1.29 is 9.53 Å². The van der Waals surface area contributed by atoms with Crippen LogP contribution in [0.15, 0.2) is 11.1 Å². The minimum Gasteiger partial charge on any atom is -0.462 e. The van der Waals surface area contributed by atoms with Crippen molar-refractivity contribution in [1.29, 1.82) is 5.26 Å². The third kappa shape index (κ3) is 2.22. The molecule has 0 N–H and O–H groups in total. The molecule has 0 fully saturated rings. The maximum Gasteiger partial charge on any atom is 0.348 e. The molecule has 2 aromatic rings. The van der Waals surface area contributed by atoms with Crippen LogP contribution in [0.25, 0.3) is 10.2 Å². The topological polar surface area (TPSA) is 85.0 Å². The first-order valence-electron chi connectivity index (χ1n) is 5.62. The summed E-state index contributed by atoms with van der Waals surface area (Å²) in [5.74, 6) is -0.450. The number of fused-ring (bicyclic) bond motifs is 1. The molecule has 0 aliphatic carbocycles. The van der Waals surface area contributed by atoms with Gasteiger partial charge < -0.3 is 4.74 Å². The standard InChI is InChI=1S/C12H11N3O3S/c1-3-18-12(17)9-7(2)8-10(19-9)14-6-15(5-4-13)11(8)16/h6H,3,5H2,1-2H3. The van der Waals surface area contributed by atoms with Crippen molar-refractivity contribution in [2.45, 2.75) is 20.4 Å². The van der Waals surface area contributed by atoms with Crippen molar-refractivity contribution in [3.05, 3.63) is 27.1 Å². The molecule has 0 amide bonds. The number of hydrogen-bond acceptors (Lipinski definition) is 6. The molecule has 6 nitrogen and oxygen atoms in total. The van der Waals surface area contributed by atoms with Gasteiger partial charge in [-0.1, -0.05) is 0 Å². The monoisotopic (exact) mass is 277 g/mol. The van der Waals surface area contributed by atoms with Gasteiger partial charge in [0.05, 0.1) is 18.1 Å². The summed E-state index contributed by atoms with van der Waals surface area (Å²) in [6.45, 7) is 3.62. The van der Waals surface area contributed by atoms with Gasteiger partial charge in [0, 0.05) is 0 Å². The molecular formula is C12H11N3O3S. The fourth-order valence-corrected chi connectivity index (χ4v) is 2.77.